The molecule has 0 saturated carbocycles. The topological polar surface area (TPSA) is 96.8 Å². The van der Waals surface area contributed by atoms with E-state index in [2.05, 4.69) is 15.0 Å². The summed E-state index contributed by atoms with van der Waals surface area (Å²) in [5.41, 5.74) is 3.64. The van der Waals surface area contributed by atoms with Crippen LogP contribution >= 0.6 is 0 Å². The molecule has 2 aromatic carbocycles. The van der Waals surface area contributed by atoms with Crippen molar-refractivity contribution in [3.05, 3.63) is 113 Å². The number of hydrogen-bond donors (Lipinski definition) is 1. The number of pyridine rings is 1. The Kier molecular flexibility index (Phi) is 6.72. The molecule has 8 nitrogen and oxygen atoms in total. The molecule has 8 heteroatoms. The van der Waals surface area contributed by atoms with E-state index in [1.165, 1.54) is 6.08 Å². The lowest BCUT2D eigenvalue weighted by Gasteiger charge is -2.25. The number of nitrogens with zero attached hydrogens (tertiary/aromatic N) is 5. The first-order valence-electron chi connectivity index (χ1n) is 12.0. The highest BCUT2D eigenvalue weighted by Gasteiger charge is 2.18. The molecule has 0 aliphatic rings. The average Bonchev–Trinajstić information content (AvgIpc) is 3.36. The number of H-pyrrole nitrogens is 1. The first-order valence-corrected chi connectivity index (χ1v) is 12.0. The summed E-state index contributed by atoms with van der Waals surface area (Å²) in [6.45, 7) is 4.04. The van der Waals surface area contributed by atoms with Crippen LogP contribution in [0.1, 0.15) is 25.2 Å². The van der Waals surface area contributed by atoms with Gasteiger partial charge in [-0.2, -0.15) is 5.10 Å². The van der Waals surface area contributed by atoms with Crippen LogP contribution in [0.15, 0.2) is 96.2 Å². The van der Waals surface area contributed by atoms with Gasteiger partial charge in [-0.15, -0.1) is 0 Å². The molecule has 0 radical (unpaired) electrons. The predicted molar refractivity (Wildman–Crippen MR) is 144 cm³/mol. The molecule has 3 aromatic heterocycles. The van der Waals surface area contributed by atoms with Crippen molar-refractivity contribution in [2.45, 2.75) is 26.4 Å². The van der Waals surface area contributed by atoms with Gasteiger partial charge < -0.3 is 9.88 Å². The first kappa shape index (κ1) is 23.9. The number of fused-ring (bicyclic) bond motifs is 1. The van der Waals surface area contributed by atoms with Gasteiger partial charge in [-0.05, 0) is 56.3 Å². The second-order valence-corrected chi connectivity index (χ2v) is 8.88. The molecule has 0 spiro atoms. The summed E-state index contributed by atoms with van der Waals surface area (Å²) in [5, 5.41) is 5.29. The molecule has 0 saturated heterocycles. The van der Waals surface area contributed by atoms with Gasteiger partial charge in [0, 0.05) is 41.8 Å². The molecule has 184 valence electrons. The van der Waals surface area contributed by atoms with E-state index in [9.17, 15) is 9.59 Å². The smallest absolute Gasteiger partial charge is 0.258 e. The molecule has 0 unspecified atom stereocenters. The fourth-order valence-electron chi connectivity index (χ4n) is 4.09. The van der Waals surface area contributed by atoms with Crippen LogP contribution < -0.4 is 5.56 Å². The third-order valence-electron chi connectivity index (χ3n) is 5.99. The zero-order valence-electron chi connectivity index (χ0n) is 20.6. The minimum Gasteiger partial charge on any atom is -0.329 e. The number of aromatic amines is 1. The van der Waals surface area contributed by atoms with Crippen molar-refractivity contribution in [2.75, 3.05) is 0 Å². The number of nitrogens with one attached hydrogen (secondary N) is 1. The van der Waals surface area contributed by atoms with Gasteiger partial charge in [0.25, 0.3) is 5.56 Å². The monoisotopic (exact) mass is 490 g/mol. The Balaban J connectivity index is 1.45. The average molecular weight is 491 g/mol. The molecule has 1 amide bonds. The second kappa shape index (κ2) is 10.4. The Hall–Kier alpha value is -4.85. The maximum Gasteiger partial charge on any atom is 0.258 e. The van der Waals surface area contributed by atoms with E-state index < -0.39 is 0 Å². The summed E-state index contributed by atoms with van der Waals surface area (Å²) >= 11 is 0. The molecular formula is C29H26N6O2. The van der Waals surface area contributed by atoms with Crippen molar-refractivity contribution in [3.63, 3.8) is 0 Å². The standard InChI is InChI=1S/C29H26N6O2/c1-20(2)34(19-26-31-25-13-7-6-12-24(25)29(37)32-26)27(36)15-14-22-18-35(23-10-4-3-5-11-23)33-28(22)21-9-8-16-30-17-21/h3-18,20H,19H2,1-2H3,(H,31,32,37)/b15-14-. The number of rotatable bonds is 7. The summed E-state index contributed by atoms with van der Waals surface area (Å²) in [6, 6.07) is 20.6. The number of aromatic nitrogens is 5. The number of amides is 1. The van der Waals surface area contributed by atoms with E-state index in [1.54, 1.807) is 46.3 Å². The van der Waals surface area contributed by atoms with E-state index in [0.717, 1.165) is 22.5 Å². The van der Waals surface area contributed by atoms with E-state index >= 15 is 0 Å². The fourth-order valence-corrected chi connectivity index (χ4v) is 4.09. The summed E-state index contributed by atoms with van der Waals surface area (Å²) in [6.07, 6.45) is 8.65. The number of carbonyl (C=O) groups is 1. The zero-order chi connectivity index (χ0) is 25.8. The van der Waals surface area contributed by atoms with E-state index in [4.69, 9.17) is 5.10 Å². The van der Waals surface area contributed by atoms with Gasteiger partial charge in [0.15, 0.2) is 0 Å². The van der Waals surface area contributed by atoms with Gasteiger partial charge in [-0.25, -0.2) is 9.67 Å². The number of para-hydroxylation sites is 2. The van der Waals surface area contributed by atoms with Crippen LogP contribution in [0.2, 0.25) is 0 Å². The molecule has 5 aromatic rings. The molecule has 1 N–H and O–H groups in total. The number of benzene rings is 2. The largest absolute Gasteiger partial charge is 0.329 e. The lowest BCUT2D eigenvalue weighted by atomic mass is 10.1. The van der Waals surface area contributed by atoms with Gasteiger partial charge in [0.2, 0.25) is 5.91 Å². The SMILES string of the molecule is CC(C)N(Cc1nc2ccccc2c(=O)[nH]1)C(=O)/C=C\c1cn(-c2ccccc2)nc1-c1cccnc1. The maximum absolute atomic E-state index is 13.3. The van der Waals surface area contributed by atoms with E-state index in [1.807, 2.05) is 68.6 Å². The fraction of sp³-hybridized carbons (Fsp3) is 0.138. The van der Waals surface area contributed by atoms with Crippen LogP contribution in [0, 0.1) is 0 Å². The molecule has 0 aliphatic carbocycles. The van der Waals surface area contributed by atoms with E-state index in [0.29, 0.717) is 16.7 Å². The van der Waals surface area contributed by atoms with Crippen molar-refractivity contribution >= 4 is 22.9 Å². The normalized spacial score (nSPS) is 11.4. The molecule has 0 aliphatic heterocycles. The van der Waals surface area contributed by atoms with Crippen LogP contribution in [0.4, 0.5) is 0 Å². The van der Waals surface area contributed by atoms with Crippen LogP contribution in [0.25, 0.3) is 33.9 Å². The third kappa shape index (κ3) is 5.23. The molecule has 3 heterocycles. The maximum atomic E-state index is 13.3. The van der Waals surface area contributed by atoms with Gasteiger partial charge in [0.1, 0.15) is 11.5 Å². The number of carbonyl (C=O) groups excluding carboxylic acids is 1. The third-order valence-corrected chi connectivity index (χ3v) is 5.99. The predicted octanol–water partition coefficient (Wildman–Crippen LogP) is 4.62. The molecule has 0 bridgehead atoms. The van der Waals surface area contributed by atoms with Crippen LogP contribution in [-0.4, -0.2) is 41.6 Å². The van der Waals surface area contributed by atoms with Gasteiger partial charge in [-0.3, -0.25) is 14.6 Å². The Labute approximate surface area is 213 Å². The highest BCUT2D eigenvalue weighted by atomic mass is 16.2. The Morgan fingerprint density at radius 1 is 1.05 bits per heavy atom. The van der Waals surface area contributed by atoms with Crippen molar-refractivity contribution in [1.82, 2.24) is 29.6 Å². The summed E-state index contributed by atoms with van der Waals surface area (Å²) in [5.74, 6) is 0.238. The second-order valence-electron chi connectivity index (χ2n) is 8.88. The van der Waals surface area contributed by atoms with E-state index in [-0.39, 0.29) is 24.1 Å². The Morgan fingerprint density at radius 2 is 1.84 bits per heavy atom. The minimum absolute atomic E-state index is 0.112. The Morgan fingerprint density at radius 3 is 2.59 bits per heavy atom. The minimum atomic E-state index is -0.221. The molecule has 37 heavy (non-hydrogen) atoms. The van der Waals surface area contributed by atoms with Crippen molar-refractivity contribution < 1.29 is 4.79 Å². The summed E-state index contributed by atoms with van der Waals surface area (Å²) < 4.78 is 1.79. The molecule has 0 atom stereocenters. The van der Waals surface area contributed by atoms with Crippen LogP contribution in [-0.2, 0) is 11.3 Å². The molecule has 0 fully saturated rings. The Bertz CT molecular complexity index is 1620. The zero-order valence-corrected chi connectivity index (χ0v) is 20.6. The first-order chi connectivity index (χ1) is 18.0. The van der Waals surface area contributed by atoms with Crippen LogP contribution in [0.5, 0.6) is 0 Å². The van der Waals surface area contributed by atoms with Crippen LogP contribution in [0.3, 0.4) is 0 Å². The highest BCUT2D eigenvalue weighted by molar-refractivity contribution is 5.93. The number of hydrogen-bond acceptors (Lipinski definition) is 5. The summed E-state index contributed by atoms with van der Waals surface area (Å²) in [7, 11) is 0. The van der Waals surface area contributed by atoms with Crippen molar-refractivity contribution in [3.8, 4) is 16.9 Å². The lowest BCUT2D eigenvalue weighted by Crippen LogP contribution is -2.36. The molecule has 5 rings (SSSR count). The van der Waals surface area contributed by atoms with Gasteiger partial charge in [-0.1, -0.05) is 30.3 Å². The highest BCUT2D eigenvalue weighted by Crippen LogP contribution is 2.24. The summed E-state index contributed by atoms with van der Waals surface area (Å²) in [4.78, 5) is 39.1. The molecular weight excluding hydrogens is 464 g/mol. The van der Waals surface area contributed by atoms with Gasteiger partial charge >= 0.3 is 0 Å². The van der Waals surface area contributed by atoms with Gasteiger partial charge in [0.05, 0.1) is 23.1 Å². The lowest BCUT2D eigenvalue weighted by molar-refractivity contribution is -0.128. The van der Waals surface area contributed by atoms with Crippen molar-refractivity contribution in [2.24, 2.45) is 0 Å². The van der Waals surface area contributed by atoms with Crippen molar-refractivity contribution in [1.29, 1.82) is 0 Å². The quantitative estimate of drug-likeness (QED) is 0.336.